The Morgan fingerprint density at radius 3 is 2.62 bits per heavy atom. The van der Waals surface area contributed by atoms with Gasteiger partial charge in [0.1, 0.15) is 0 Å². The summed E-state index contributed by atoms with van der Waals surface area (Å²) in [5.74, 6) is 0.677. The minimum atomic E-state index is -0.0782. The molecule has 0 atom stereocenters. The van der Waals surface area contributed by atoms with E-state index in [1.54, 1.807) is 0 Å². The smallest absolute Gasteiger partial charge is 0.305 e. The summed E-state index contributed by atoms with van der Waals surface area (Å²) in [5, 5.41) is 0. The third kappa shape index (κ3) is 9.74. The second-order valence-corrected chi connectivity index (χ2v) is 3.56. The minimum absolute atomic E-state index is 0.0782. The van der Waals surface area contributed by atoms with Gasteiger partial charge in [-0.2, -0.15) is 12.6 Å². The zero-order valence-corrected chi connectivity index (χ0v) is 9.31. The second kappa shape index (κ2) is 9.90. The van der Waals surface area contributed by atoms with E-state index < -0.39 is 0 Å². The number of carbonyl (C=O) groups is 1. The first-order valence-corrected chi connectivity index (χ1v) is 5.71. The molecule has 78 valence electrons. The van der Waals surface area contributed by atoms with Crippen molar-refractivity contribution < 1.29 is 9.53 Å². The summed E-state index contributed by atoms with van der Waals surface area (Å²) < 4.78 is 5.02. The average molecular weight is 204 g/mol. The molecule has 0 spiro atoms. The van der Waals surface area contributed by atoms with Crippen LogP contribution < -0.4 is 0 Å². The van der Waals surface area contributed by atoms with Crippen LogP contribution in [0, 0.1) is 0 Å². The lowest BCUT2D eigenvalue weighted by molar-refractivity contribution is -0.143. The van der Waals surface area contributed by atoms with Gasteiger partial charge in [-0.1, -0.05) is 26.2 Å². The maximum atomic E-state index is 11.0. The predicted molar refractivity (Wildman–Crippen MR) is 58.2 cm³/mol. The Morgan fingerprint density at radius 1 is 1.23 bits per heavy atom. The van der Waals surface area contributed by atoms with Gasteiger partial charge in [-0.25, -0.2) is 0 Å². The molecule has 0 saturated carbocycles. The van der Waals surface area contributed by atoms with Crippen LogP contribution >= 0.6 is 12.6 Å². The zero-order valence-electron chi connectivity index (χ0n) is 8.42. The van der Waals surface area contributed by atoms with E-state index in [1.165, 1.54) is 12.8 Å². The van der Waals surface area contributed by atoms with Crippen molar-refractivity contribution in [2.24, 2.45) is 0 Å². The summed E-state index contributed by atoms with van der Waals surface area (Å²) in [4.78, 5) is 11.0. The quantitative estimate of drug-likeness (QED) is 0.374. The number of ether oxygens (including phenoxy) is 1. The van der Waals surface area contributed by atoms with Gasteiger partial charge < -0.3 is 4.74 Å². The van der Waals surface area contributed by atoms with Gasteiger partial charge in [-0.15, -0.1) is 0 Å². The van der Waals surface area contributed by atoms with Crippen LogP contribution in [0.15, 0.2) is 0 Å². The number of thiol groups is 1. The lowest BCUT2D eigenvalue weighted by atomic mass is 10.2. The van der Waals surface area contributed by atoms with Gasteiger partial charge >= 0.3 is 5.97 Å². The molecule has 0 fully saturated rings. The molecule has 0 aliphatic rings. The molecule has 0 aromatic rings. The molecule has 0 aliphatic heterocycles. The molecule has 0 unspecified atom stereocenters. The van der Waals surface area contributed by atoms with Crippen LogP contribution in [0.4, 0.5) is 0 Å². The van der Waals surface area contributed by atoms with Gasteiger partial charge in [0.15, 0.2) is 0 Å². The highest BCUT2D eigenvalue weighted by molar-refractivity contribution is 7.80. The molecule has 0 radical (unpaired) electrons. The Labute approximate surface area is 86.5 Å². The Balaban J connectivity index is 3.08. The van der Waals surface area contributed by atoms with Gasteiger partial charge in [0.25, 0.3) is 0 Å². The van der Waals surface area contributed by atoms with E-state index in [9.17, 15) is 4.79 Å². The molecule has 0 aromatic heterocycles. The van der Waals surface area contributed by atoms with Crippen molar-refractivity contribution in [1.29, 1.82) is 0 Å². The molecule has 2 nitrogen and oxygen atoms in total. The summed E-state index contributed by atoms with van der Waals surface area (Å²) in [6, 6.07) is 0. The number of hydrogen-bond acceptors (Lipinski definition) is 3. The van der Waals surface area contributed by atoms with Crippen molar-refractivity contribution in [2.75, 3.05) is 12.4 Å². The average Bonchev–Trinajstić information content (AvgIpc) is 2.14. The van der Waals surface area contributed by atoms with E-state index in [-0.39, 0.29) is 5.97 Å². The van der Waals surface area contributed by atoms with Gasteiger partial charge in [-0.05, 0) is 18.6 Å². The normalized spacial score (nSPS) is 10.0. The van der Waals surface area contributed by atoms with Crippen molar-refractivity contribution >= 4 is 18.6 Å². The number of unbranched alkanes of at least 4 members (excludes halogenated alkanes) is 3. The molecule has 0 bridgehead atoms. The maximum Gasteiger partial charge on any atom is 0.305 e. The third-order valence-electron chi connectivity index (χ3n) is 1.80. The molecule has 0 saturated heterocycles. The van der Waals surface area contributed by atoms with E-state index in [1.807, 2.05) is 0 Å². The minimum Gasteiger partial charge on any atom is -0.466 e. The number of carbonyl (C=O) groups excluding carboxylic acids is 1. The van der Waals surface area contributed by atoms with Crippen molar-refractivity contribution in [1.82, 2.24) is 0 Å². The van der Waals surface area contributed by atoms with Crippen LogP contribution in [0.1, 0.15) is 45.4 Å². The Hall–Kier alpha value is -0.180. The topological polar surface area (TPSA) is 26.3 Å². The van der Waals surface area contributed by atoms with Crippen LogP contribution in [-0.4, -0.2) is 18.3 Å². The second-order valence-electron chi connectivity index (χ2n) is 3.11. The van der Waals surface area contributed by atoms with Gasteiger partial charge in [0.05, 0.1) is 6.61 Å². The maximum absolute atomic E-state index is 11.0. The number of esters is 1. The Kier molecular flexibility index (Phi) is 9.77. The molecule has 0 aromatic carbocycles. The first-order chi connectivity index (χ1) is 6.31. The lowest BCUT2D eigenvalue weighted by Gasteiger charge is -2.03. The first-order valence-electron chi connectivity index (χ1n) is 5.07. The molecular formula is C10H20O2S. The van der Waals surface area contributed by atoms with Gasteiger partial charge in [0, 0.05) is 6.42 Å². The van der Waals surface area contributed by atoms with E-state index in [0.717, 1.165) is 25.0 Å². The van der Waals surface area contributed by atoms with Crippen molar-refractivity contribution in [3.05, 3.63) is 0 Å². The first kappa shape index (κ1) is 12.8. The zero-order chi connectivity index (χ0) is 9.94. The molecule has 0 heterocycles. The molecule has 13 heavy (non-hydrogen) atoms. The summed E-state index contributed by atoms with van der Waals surface area (Å²) >= 11 is 4.02. The van der Waals surface area contributed by atoms with E-state index in [2.05, 4.69) is 19.6 Å². The Bertz CT molecular complexity index is 126. The summed E-state index contributed by atoms with van der Waals surface area (Å²) in [5.41, 5.74) is 0. The van der Waals surface area contributed by atoms with Crippen LogP contribution in [0.5, 0.6) is 0 Å². The third-order valence-corrected chi connectivity index (χ3v) is 2.12. The summed E-state index contributed by atoms with van der Waals surface area (Å²) in [7, 11) is 0. The fourth-order valence-corrected chi connectivity index (χ4v) is 1.17. The monoisotopic (exact) mass is 204 g/mol. The van der Waals surface area contributed by atoms with Crippen molar-refractivity contribution in [3.63, 3.8) is 0 Å². The number of rotatable bonds is 8. The van der Waals surface area contributed by atoms with Crippen LogP contribution in [-0.2, 0) is 9.53 Å². The standard InChI is InChI=1S/C10H20O2S/c1-2-3-4-5-8-12-10(11)7-6-9-13/h13H,2-9H2,1H3. The van der Waals surface area contributed by atoms with Gasteiger partial charge in [-0.3, -0.25) is 4.79 Å². The van der Waals surface area contributed by atoms with Crippen LogP contribution in [0.3, 0.4) is 0 Å². The largest absolute Gasteiger partial charge is 0.466 e. The van der Waals surface area contributed by atoms with E-state index >= 15 is 0 Å². The molecule has 0 aliphatic carbocycles. The Morgan fingerprint density at radius 2 is 2.00 bits per heavy atom. The molecular weight excluding hydrogens is 184 g/mol. The SMILES string of the molecule is CCCCCCOC(=O)CCCS. The highest BCUT2D eigenvalue weighted by Gasteiger charge is 2.00. The fourth-order valence-electron chi connectivity index (χ4n) is 1.01. The van der Waals surface area contributed by atoms with Crippen molar-refractivity contribution in [2.45, 2.75) is 45.4 Å². The highest BCUT2D eigenvalue weighted by Crippen LogP contribution is 2.00. The van der Waals surface area contributed by atoms with Crippen LogP contribution in [0.25, 0.3) is 0 Å². The lowest BCUT2D eigenvalue weighted by Crippen LogP contribution is -2.05. The van der Waals surface area contributed by atoms with E-state index in [4.69, 9.17) is 4.74 Å². The van der Waals surface area contributed by atoms with E-state index in [0.29, 0.717) is 13.0 Å². The van der Waals surface area contributed by atoms with Gasteiger partial charge in [0.2, 0.25) is 0 Å². The predicted octanol–water partition coefficient (Wildman–Crippen LogP) is 2.82. The summed E-state index contributed by atoms with van der Waals surface area (Å²) in [6.07, 6.45) is 5.94. The number of hydrogen-bond donors (Lipinski definition) is 1. The molecule has 0 rings (SSSR count). The molecule has 0 N–H and O–H groups in total. The van der Waals surface area contributed by atoms with Crippen LogP contribution in [0.2, 0.25) is 0 Å². The fraction of sp³-hybridized carbons (Fsp3) is 0.900. The highest BCUT2D eigenvalue weighted by atomic mass is 32.1. The summed E-state index contributed by atoms with van der Waals surface area (Å²) in [6.45, 7) is 2.75. The van der Waals surface area contributed by atoms with Crippen molar-refractivity contribution in [3.8, 4) is 0 Å². The molecule has 0 amide bonds. The molecule has 3 heteroatoms.